The van der Waals surface area contributed by atoms with Gasteiger partial charge in [0.15, 0.2) is 0 Å². The van der Waals surface area contributed by atoms with Crippen LogP contribution in [0.4, 0.5) is 0 Å². The van der Waals surface area contributed by atoms with Gasteiger partial charge < -0.3 is 9.84 Å². The maximum absolute atomic E-state index is 11.4. The maximum Gasteiger partial charge on any atom is 0.323 e. The van der Waals surface area contributed by atoms with Crippen LogP contribution in [-0.4, -0.2) is 46.8 Å². The smallest absolute Gasteiger partial charge is 0.323 e. The van der Waals surface area contributed by atoms with Crippen LogP contribution < -0.4 is 0 Å². The summed E-state index contributed by atoms with van der Waals surface area (Å²) in [7, 11) is 0. The van der Waals surface area contributed by atoms with Crippen LogP contribution in [0.2, 0.25) is 0 Å². The summed E-state index contributed by atoms with van der Waals surface area (Å²) in [6, 6.07) is 0. The van der Waals surface area contributed by atoms with E-state index in [4.69, 9.17) is 4.74 Å². The highest BCUT2D eigenvalue weighted by atomic mass is 16.5. The summed E-state index contributed by atoms with van der Waals surface area (Å²) in [6.45, 7) is 5.60. The standard InChI is InChI=1S/C13H23NO3/c1-10-5-6-11(17-10)9-14-8-4-3-7-13(14,2)12(15)16/h10-11H,3-9H2,1-2H3,(H,15,16). The average Bonchev–Trinajstić information content (AvgIpc) is 2.67. The van der Waals surface area contributed by atoms with Crippen molar-refractivity contribution in [1.29, 1.82) is 0 Å². The number of aliphatic carboxylic acids is 1. The predicted octanol–water partition coefficient (Wildman–Crippen LogP) is 1.88. The summed E-state index contributed by atoms with van der Waals surface area (Å²) in [4.78, 5) is 13.6. The van der Waals surface area contributed by atoms with Gasteiger partial charge in [0, 0.05) is 6.54 Å². The molecule has 98 valence electrons. The molecule has 0 aliphatic carbocycles. The molecule has 0 bridgehead atoms. The van der Waals surface area contributed by atoms with Gasteiger partial charge in [-0.3, -0.25) is 9.69 Å². The molecule has 2 heterocycles. The number of carbonyl (C=O) groups is 1. The second-order valence-corrected chi connectivity index (χ2v) is 5.63. The lowest BCUT2D eigenvalue weighted by atomic mass is 9.88. The molecule has 0 aromatic rings. The lowest BCUT2D eigenvalue weighted by Crippen LogP contribution is -2.57. The van der Waals surface area contributed by atoms with Crippen LogP contribution in [0.1, 0.15) is 46.0 Å². The Hall–Kier alpha value is -0.610. The molecule has 2 saturated heterocycles. The molecule has 0 aromatic carbocycles. The maximum atomic E-state index is 11.4. The zero-order valence-electron chi connectivity index (χ0n) is 10.8. The summed E-state index contributed by atoms with van der Waals surface area (Å²) < 4.78 is 5.80. The topological polar surface area (TPSA) is 49.8 Å². The molecule has 17 heavy (non-hydrogen) atoms. The van der Waals surface area contributed by atoms with Crippen LogP contribution in [0.5, 0.6) is 0 Å². The van der Waals surface area contributed by atoms with Crippen molar-refractivity contribution in [2.45, 2.75) is 63.7 Å². The molecule has 0 radical (unpaired) electrons. The number of rotatable bonds is 3. The quantitative estimate of drug-likeness (QED) is 0.819. The van der Waals surface area contributed by atoms with Crippen molar-refractivity contribution in [3.8, 4) is 0 Å². The number of piperidine rings is 1. The summed E-state index contributed by atoms with van der Waals surface area (Å²) in [5, 5.41) is 9.41. The van der Waals surface area contributed by atoms with Crippen molar-refractivity contribution < 1.29 is 14.6 Å². The van der Waals surface area contributed by atoms with Crippen LogP contribution in [0.15, 0.2) is 0 Å². The molecule has 2 aliphatic rings. The van der Waals surface area contributed by atoms with Crippen molar-refractivity contribution in [2.24, 2.45) is 0 Å². The second-order valence-electron chi connectivity index (χ2n) is 5.63. The lowest BCUT2D eigenvalue weighted by molar-refractivity contribution is -0.154. The van der Waals surface area contributed by atoms with E-state index in [1.807, 2.05) is 6.92 Å². The minimum atomic E-state index is -0.691. The Morgan fingerprint density at radius 1 is 1.47 bits per heavy atom. The molecular weight excluding hydrogens is 218 g/mol. The van der Waals surface area contributed by atoms with Crippen LogP contribution in [0, 0.1) is 0 Å². The molecular formula is C13H23NO3. The van der Waals surface area contributed by atoms with E-state index >= 15 is 0 Å². The van der Waals surface area contributed by atoms with E-state index in [0.717, 1.165) is 45.2 Å². The van der Waals surface area contributed by atoms with E-state index in [1.165, 1.54) is 0 Å². The van der Waals surface area contributed by atoms with Gasteiger partial charge in [0.25, 0.3) is 0 Å². The Labute approximate surface area is 103 Å². The Kier molecular flexibility index (Phi) is 3.73. The number of hydrogen-bond donors (Lipinski definition) is 1. The van der Waals surface area contributed by atoms with E-state index in [2.05, 4.69) is 11.8 Å². The van der Waals surface area contributed by atoms with Gasteiger partial charge in [0.05, 0.1) is 12.2 Å². The zero-order chi connectivity index (χ0) is 12.5. The molecule has 2 fully saturated rings. The van der Waals surface area contributed by atoms with Crippen molar-refractivity contribution >= 4 is 5.97 Å². The first-order chi connectivity index (χ1) is 8.02. The van der Waals surface area contributed by atoms with Crippen molar-refractivity contribution in [1.82, 2.24) is 4.90 Å². The van der Waals surface area contributed by atoms with Crippen molar-refractivity contribution in [3.05, 3.63) is 0 Å². The average molecular weight is 241 g/mol. The Morgan fingerprint density at radius 2 is 2.24 bits per heavy atom. The fourth-order valence-corrected chi connectivity index (χ4v) is 2.98. The van der Waals surface area contributed by atoms with E-state index in [0.29, 0.717) is 6.10 Å². The van der Waals surface area contributed by atoms with Crippen LogP contribution in [0.3, 0.4) is 0 Å². The monoisotopic (exact) mass is 241 g/mol. The first-order valence-corrected chi connectivity index (χ1v) is 6.66. The fraction of sp³-hybridized carbons (Fsp3) is 0.923. The third-order valence-corrected chi connectivity index (χ3v) is 4.24. The fourth-order valence-electron chi connectivity index (χ4n) is 2.98. The minimum absolute atomic E-state index is 0.224. The van der Waals surface area contributed by atoms with E-state index < -0.39 is 11.5 Å². The molecule has 0 spiro atoms. The van der Waals surface area contributed by atoms with Gasteiger partial charge in [-0.2, -0.15) is 0 Å². The Morgan fingerprint density at radius 3 is 2.82 bits per heavy atom. The predicted molar refractivity (Wildman–Crippen MR) is 65.0 cm³/mol. The zero-order valence-corrected chi connectivity index (χ0v) is 10.8. The largest absolute Gasteiger partial charge is 0.480 e. The van der Waals surface area contributed by atoms with Crippen LogP contribution in [-0.2, 0) is 9.53 Å². The van der Waals surface area contributed by atoms with Gasteiger partial charge in [0.2, 0.25) is 0 Å². The third kappa shape index (κ3) is 2.63. The Balaban J connectivity index is 1.99. The van der Waals surface area contributed by atoms with Gasteiger partial charge in [-0.05, 0) is 52.5 Å². The van der Waals surface area contributed by atoms with Gasteiger partial charge in [0.1, 0.15) is 5.54 Å². The van der Waals surface area contributed by atoms with E-state index in [9.17, 15) is 9.90 Å². The molecule has 3 atom stereocenters. The minimum Gasteiger partial charge on any atom is -0.480 e. The lowest BCUT2D eigenvalue weighted by Gasteiger charge is -2.42. The van der Waals surface area contributed by atoms with Crippen LogP contribution >= 0.6 is 0 Å². The van der Waals surface area contributed by atoms with Crippen molar-refractivity contribution in [3.63, 3.8) is 0 Å². The van der Waals surface area contributed by atoms with Gasteiger partial charge in [-0.1, -0.05) is 0 Å². The first-order valence-electron chi connectivity index (χ1n) is 6.66. The molecule has 2 aliphatic heterocycles. The molecule has 0 aromatic heterocycles. The van der Waals surface area contributed by atoms with E-state index in [-0.39, 0.29) is 6.10 Å². The summed E-state index contributed by atoms with van der Waals surface area (Å²) >= 11 is 0. The normalized spacial score (nSPS) is 39.4. The van der Waals surface area contributed by atoms with Crippen LogP contribution in [0.25, 0.3) is 0 Å². The summed E-state index contributed by atoms with van der Waals surface area (Å²) in [5.41, 5.74) is -0.687. The second kappa shape index (κ2) is 4.94. The molecule has 4 heteroatoms. The van der Waals surface area contributed by atoms with Gasteiger partial charge >= 0.3 is 5.97 Å². The Bertz CT molecular complexity index is 294. The number of hydrogen-bond acceptors (Lipinski definition) is 3. The third-order valence-electron chi connectivity index (χ3n) is 4.24. The number of likely N-dealkylation sites (tertiary alicyclic amines) is 1. The number of carboxylic acid groups (broad SMARTS) is 1. The number of nitrogens with zero attached hydrogens (tertiary/aromatic N) is 1. The highest BCUT2D eigenvalue weighted by Gasteiger charge is 2.42. The summed E-state index contributed by atoms with van der Waals surface area (Å²) in [6.07, 6.45) is 5.59. The van der Waals surface area contributed by atoms with E-state index in [1.54, 1.807) is 0 Å². The molecule has 0 amide bonds. The van der Waals surface area contributed by atoms with Gasteiger partial charge in [-0.25, -0.2) is 0 Å². The first kappa shape index (κ1) is 12.8. The summed E-state index contributed by atoms with van der Waals surface area (Å²) in [5.74, 6) is -0.691. The SMILES string of the molecule is CC1CCC(CN2CCCCC2(C)C(=O)O)O1. The molecule has 4 nitrogen and oxygen atoms in total. The molecule has 1 N–H and O–H groups in total. The number of ether oxygens (including phenoxy) is 1. The highest BCUT2D eigenvalue weighted by molar-refractivity contribution is 5.78. The van der Waals surface area contributed by atoms with Gasteiger partial charge in [-0.15, -0.1) is 0 Å². The molecule has 3 unspecified atom stereocenters. The van der Waals surface area contributed by atoms with Crippen molar-refractivity contribution in [2.75, 3.05) is 13.1 Å². The molecule has 0 saturated carbocycles. The molecule has 2 rings (SSSR count). The highest BCUT2D eigenvalue weighted by Crippen LogP contribution is 2.30. The number of carboxylic acids is 1.